The van der Waals surface area contributed by atoms with Crippen LogP contribution in [0.5, 0.6) is 0 Å². The Morgan fingerprint density at radius 1 is 0.277 bits per heavy atom. The van der Waals surface area contributed by atoms with E-state index in [1.807, 2.05) is 24.3 Å². The minimum atomic E-state index is -0.978. The van der Waals surface area contributed by atoms with Gasteiger partial charge in [-0.1, -0.05) is 270 Å². The Bertz CT molecular complexity index is 3840. The molecule has 8 rings (SSSR count). The number of benzene rings is 4. The summed E-state index contributed by atoms with van der Waals surface area (Å²) in [7, 11) is 0. The number of carboxylic acid groups (broad SMARTS) is 4. The number of hydrogen-bond donors (Lipinski definition) is 4. The molecule has 0 aliphatic heterocycles. The van der Waals surface area contributed by atoms with Crippen molar-refractivity contribution >= 4 is 23.9 Å². The van der Waals surface area contributed by atoms with Crippen LogP contribution in [0.3, 0.4) is 0 Å². The van der Waals surface area contributed by atoms with E-state index in [1.54, 1.807) is 49.1 Å². The van der Waals surface area contributed by atoms with E-state index in [1.165, 1.54) is 80.0 Å². The van der Waals surface area contributed by atoms with Crippen LogP contribution in [0.25, 0.3) is 44.5 Å². The van der Waals surface area contributed by atoms with E-state index >= 15 is 0 Å². The Morgan fingerprint density at radius 2 is 0.495 bits per heavy atom. The molecule has 4 aromatic carbocycles. The van der Waals surface area contributed by atoms with Crippen LogP contribution in [0.1, 0.15) is 279 Å². The molecule has 0 aliphatic carbocycles. The largest absolute Gasteiger partial charge is 0.477 e. The van der Waals surface area contributed by atoms with Crippen LogP contribution in [0, 0.1) is 23.7 Å². The summed E-state index contributed by atoms with van der Waals surface area (Å²) in [4.78, 5) is 62.2. The van der Waals surface area contributed by atoms with E-state index in [0.717, 1.165) is 169 Å². The third kappa shape index (κ3) is 27.0. The molecule has 4 heterocycles. The van der Waals surface area contributed by atoms with Gasteiger partial charge in [-0.2, -0.15) is 0 Å². The number of rotatable bonds is 37. The summed E-state index contributed by atoms with van der Waals surface area (Å²) in [5.74, 6) is -1.48. The van der Waals surface area contributed by atoms with Crippen LogP contribution >= 0.6 is 0 Å². The Labute approximate surface area is 605 Å². The monoisotopic (exact) mass is 1370 g/mol. The molecule has 0 fully saturated rings. The van der Waals surface area contributed by atoms with Gasteiger partial charge >= 0.3 is 23.9 Å². The molecular weight excluding hydrogens is 1250 g/mol. The molecule has 4 N–H and O–H groups in total. The first-order chi connectivity index (χ1) is 48.7. The Morgan fingerprint density at radius 3 is 0.733 bits per heavy atom. The molecule has 0 bridgehead atoms. The van der Waals surface area contributed by atoms with Gasteiger partial charge in [0.05, 0.1) is 0 Å². The Balaban J connectivity index is 0.000000243. The first kappa shape index (κ1) is 83.0. The predicted octanol–water partition coefficient (Wildman–Crippen LogP) is 23.5. The first-order valence-corrected chi connectivity index (χ1v) is 38.0. The Kier molecular flexibility index (Phi) is 37.2. The fraction of sp³-hybridized carbons (Fsp3) is 0.461. The van der Waals surface area contributed by atoms with Crippen LogP contribution in [0.2, 0.25) is 0 Å². The van der Waals surface area contributed by atoms with Gasteiger partial charge < -0.3 is 20.4 Å². The van der Waals surface area contributed by atoms with Crippen LogP contribution in [-0.4, -0.2) is 64.2 Å². The van der Waals surface area contributed by atoms with Gasteiger partial charge in [-0.25, -0.2) is 39.1 Å². The fourth-order valence-corrected chi connectivity index (χ4v) is 12.6. The van der Waals surface area contributed by atoms with Gasteiger partial charge in [-0.15, -0.1) is 0 Å². The van der Waals surface area contributed by atoms with Crippen molar-refractivity contribution in [1.82, 2.24) is 19.9 Å². The maximum absolute atomic E-state index is 11.5. The molecular formula is C89H118N4O8. The molecule has 0 radical (unpaired) electrons. The third-order valence-electron chi connectivity index (χ3n) is 19.5. The number of carboxylic acids is 4. The lowest BCUT2D eigenvalue weighted by molar-refractivity contribution is 0.0680. The number of aromatic carboxylic acids is 4. The topological polar surface area (TPSA) is 201 Å². The molecule has 8 aromatic rings. The van der Waals surface area contributed by atoms with Crippen molar-refractivity contribution < 1.29 is 39.6 Å². The number of nitrogens with zero attached hydrogens (tertiary/aromatic N) is 4. The zero-order chi connectivity index (χ0) is 73.6. The highest BCUT2D eigenvalue weighted by molar-refractivity contribution is 5.90. The van der Waals surface area contributed by atoms with Crippen LogP contribution < -0.4 is 0 Å². The minimum Gasteiger partial charge on any atom is -0.477 e. The van der Waals surface area contributed by atoms with Crippen molar-refractivity contribution in [2.45, 2.75) is 244 Å². The van der Waals surface area contributed by atoms with E-state index in [0.29, 0.717) is 23.7 Å². The van der Waals surface area contributed by atoms with Gasteiger partial charge in [0.2, 0.25) is 0 Å². The van der Waals surface area contributed by atoms with Crippen LogP contribution in [-0.2, 0) is 51.4 Å². The van der Waals surface area contributed by atoms with Crippen molar-refractivity contribution in [2.24, 2.45) is 23.7 Å². The number of pyridine rings is 4. The first-order valence-electron chi connectivity index (χ1n) is 38.0. The molecule has 0 spiro atoms. The normalized spacial score (nSPS) is 12.1. The van der Waals surface area contributed by atoms with Gasteiger partial charge in [-0.05, 0) is 208 Å². The number of hydrogen-bond acceptors (Lipinski definition) is 8. The maximum atomic E-state index is 11.5. The summed E-state index contributed by atoms with van der Waals surface area (Å²) < 4.78 is 0. The van der Waals surface area contributed by atoms with E-state index in [4.69, 9.17) is 0 Å². The van der Waals surface area contributed by atoms with Gasteiger partial charge in [0.25, 0.3) is 0 Å². The van der Waals surface area contributed by atoms with Crippen molar-refractivity contribution in [1.29, 1.82) is 0 Å². The van der Waals surface area contributed by atoms with Crippen molar-refractivity contribution in [3.05, 3.63) is 213 Å². The summed E-state index contributed by atoms with van der Waals surface area (Å²) in [6.45, 7) is 26.6. The standard InChI is InChI=1S/C24H33NO2.C23H31NO2.C22H29NO2.C20H25NO2/c1-4-6-7-8-9-13-20-17-25-23(24(26)27)16-22(20)21-14-11-10-12-19(21)15-18(3)5-2;1-4-6-7-8-12-19-16-24-22(23(25)26)15-21(19)20-13-10-9-11-18(20)14-17(3)5-2;1-4-6-7-11-18-15-23-21(22(24)25)14-20(18)19-12-9-8-10-17(19)13-16(3)5-2;1-4-8-16-13-21-19(20(22)23)12-18(16)17-10-7-6-9-15(17)11-14(3)5-2/h10-12,14,16-18H,4-9,13,15H2,1-3H3,(H,26,27);9-11,13,15-17H,4-8,12,14H2,1-3H3,(H,25,26);8-10,12,14-16H,4-7,11,13H2,1-3H3,(H,24,25);6-7,9-10,12-14H,4-5,8,11H2,1-3H3,(H,22,23)/t18-;17-;16-;14-/m0000/s1. The molecule has 0 unspecified atom stereocenters. The molecule has 101 heavy (non-hydrogen) atoms. The highest BCUT2D eigenvalue weighted by atomic mass is 16.4. The molecule has 542 valence electrons. The minimum absolute atomic E-state index is 0.109. The van der Waals surface area contributed by atoms with Gasteiger partial charge in [0.15, 0.2) is 0 Å². The molecule has 12 nitrogen and oxygen atoms in total. The third-order valence-corrected chi connectivity index (χ3v) is 19.5. The molecule has 4 atom stereocenters. The number of aryl methyl sites for hydroxylation is 4. The number of carbonyl (C=O) groups is 4. The average Bonchev–Trinajstić information content (AvgIpc) is 0.830. The molecule has 4 aromatic heterocycles. The van der Waals surface area contributed by atoms with Gasteiger partial charge in [0.1, 0.15) is 22.8 Å². The van der Waals surface area contributed by atoms with E-state index < -0.39 is 23.9 Å². The summed E-state index contributed by atoms with van der Waals surface area (Å²) in [5.41, 5.74) is 18.9. The lowest BCUT2D eigenvalue weighted by Gasteiger charge is -2.16. The zero-order valence-electron chi connectivity index (χ0n) is 63.1. The van der Waals surface area contributed by atoms with E-state index in [9.17, 15) is 39.6 Å². The van der Waals surface area contributed by atoms with E-state index in [2.05, 4.69) is 176 Å². The zero-order valence-corrected chi connectivity index (χ0v) is 63.1. The second-order valence-electron chi connectivity index (χ2n) is 27.8. The quantitative estimate of drug-likeness (QED) is 0.0269. The lowest BCUT2D eigenvalue weighted by Crippen LogP contribution is -2.05. The summed E-state index contributed by atoms with van der Waals surface area (Å²) in [6, 6.07) is 40.5. The second kappa shape index (κ2) is 45.3. The molecule has 12 heteroatoms. The SMILES string of the molecule is CCCCCCCc1cnc(C(=O)O)cc1-c1ccccc1C[C@@H](C)CC.CCCCCCc1cnc(C(=O)O)cc1-c1ccccc1C[C@@H](C)CC.CCCCCc1cnc(C(=O)O)cc1-c1ccccc1C[C@@H](C)CC.CCCc1cnc(C(=O)O)cc1-c1ccccc1C[C@@H](C)CC. The molecule has 0 aliphatic rings. The molecule has 0 saturated carbocycles. The highest BCUT2D eigenvalue weighted by Gasteiger charge is 2.21. The summed E-state index contributed by atoms with van der Waals surface area (Å²) in [5, 5.41) is 37.4. The van der Waals surface area contributed by atoms with Crippen molar-refractivity contribution in [2.75, 3.05) is 0 Å². The lowest BCUT2D eigenvalue weighted by atomic mass is 9.89. The van der Waals surface area contributed by atoms with Crippen molar-refractivity contribution in [3.63, 3.8) is 0 Å². The predicted molar refractivity (Wildman–Crippen MR) is 417 cm³/mol. The number of unbranched alkanes of at least 4 members (excludes halogenated alkanes) is 9. The van der Waals surface area contributed by atoms with Crippen LogP contribution in [0.4, 0.5) is 0 Å². The molecule has 0 amide bonds. The van der Waals surface area contributed by atoms with E-state index in [-0.39, 0.29) is 22.8 Å². The van der Waals surface area contributed by atoms with Crippen LogP contribution in [0.15, 0.2) is 146 Å². The maximum Gasteiger partial charge on any atom is 0.354 e. The smallest absolute Gasteiger partial charge is 0.354 e. The second-order valence-corrected chi connectivity index (χ2v) is 27.8. The van der Waals surface area contributed by atoms with Crippen molar-refractivity contribution in [3.8, 4) is 44.5 Å². The van der Waals surface area contributed by atoms with Gasteiger partial charge in [-0.3, -0.25) is 0 Å². The number of aromatic nitrogens is 4. The summed E-state index contributed by atoms with van der Waals surface area (Å²) in [6.07, 6.45) is 34.6. The summed E-state index contributed by atoms with van der Waals surface area (Å²) >= 11 is 0. The average molecular weight is 1370 g/mol. The van der Waals surface area contributed by atoms with Gasteiger partial charge in [0, 0.05) is 24.8 Å². The molecule has 0 saturated heterocycles. The fourth-order valence-electron chi connectivity index (χ4n) is 12.6. The highest BCUT2D eigenvalue weighted by Crippen LogP contribution is 2.36. The Hall–Kier alpha value is -8.64.